The van der Waals surface area contributed by atoms with E-state index in [0.29, 0.717) is 33.4 Å². The molecular weight excluding hydrogens is 741 g/mol. The molecule has 298 valence electrons. The van der Waals surface area contributed by atoms with Gasteiger partial charge in [-0.3, -0.25) is 4.79 Å². The molecule has 15 heteroatoms. The van der Waals surface area contributed by atoms with Gasteiger partial charge < -0.3 is 34.3 Å². The summed E-state index contributed by atoms with van der Waals surface area (Å²) in [5, 5.41) is 32.0. The number of rotatable bonds is 9. The lowest BCUT2D eigenvalue weighted by molar-refractivity contribution is -0.153. The normalized spacial score (nSPS) is 15.5. The predicted octanol–water partition coefficient (Wildman–Crippen LogP) is 7.27. The summed E-state index contributed by atoms with van der Waals surface area (Å²) in [6, 6.07) is 1.33. The van der Waals surface area contributed by atoms with Gasteiger partial charge in [-0.05, 0) is 137 Å². The third-order valence-corrected chi connectivity index (χ3v) is 10.3. The molecule has 0 fully saturated rings. The van der Waals surface area contributed by atoms with Gasteiger partial charge in [-0.25, -0.2) is 19.2 Å². The predicted molar refractivity (Wildman–Crippen MR) is 195 cm³/mol. The summed E-state index contributed by atoms with van der Waals surface area (Å²) in [6.45, 7) is 14.7. The minimum atomic E-state index is -5.42. The van der Waals surface area contributed by atoms with Crippen LogP contribution >= 0.6 is 0 Å². The molecule has 1 atom stereocenters. The summed E-state index contributed by atoms with van der Waals surface area (Å²) < 4.78 is 65.6. The van der Waals surface area contributed by atoms with Crippen LogP contribution in [0.15, 0.2) is 29.6 Å². The van der Waals surface area contributed by atoms with Crippen molar-refractivity contribution in [2.75, 3.05) is 7.11 Å². The number of ketones is 1. The number of carbonyl (C=O) groups excluding carboxylic acids is 4. The van der Waals surface area contributed by atoms with Crippen molar-refractivity contribution in [2.45, 2.75) is 87.4 Å². The maximum absolute atomic E-state index is 14.7. The molecule has 0 aromatic heterocycles. The zero-order chi connectivity index (χ0) is 42.5. The third-order valence-electron chi connectivity index (χ3n) is 10.3. The number of carboxylic acid groups (broad SMARTS) is 1. The largest absolute Gasteiger partial charge is 0.506 e. The van der Waals surface area contributed by atoms with Crippen molar-refractivity contribution in [3.63, 3.8) is 0 Å². The Morgan fingerprint density at radius 3 is 1.75 bits per heavy atom. The fourth-order valence-electron chi connectivity index (χ4n) is 6.90. The highest BCUT2D eigenvalue weighted by Crippen LogP contribution is 2.48. The number of hydrogen-bond acceptors (Lipinski definition) is 11. The first-order chi connectivity index (χ1) is 25.9. The molecule has 3 aromatic carbocycles. The zero-order valence-electron chi connectivity index (χ0n) is 32.6. The van der Waals surface area contributed by atoms with Gasteiger partial charge in [0.2, 0.25) is 5.60 Å². The van der Waals surface area contributed by atoms with Crippen LogP contribution in [0.3, 0.4) is 0 Å². The van der Waals surface area contributed by atoms with E-state index in [2.05, 4.69) is 0 Å². The van der Waals surface area contributed by atoms with E-state index in [0.717, 1.165) is 26.2 Å². The van der Waals surface area contributed by atoms with Crippen molar-refractivity contribution >= 4 is 29.7 Å². The van der Waals surface area contributed by atoms with Crippen LogP contribution < -0.4 is 14.2 Å². The maximum Gasteiger partial charge on any atom is 0.423 e. The van der Waals surface area contributed by atoms with Gasteiger partial charge in [0, 0.05) is 6.08 Å². The summed E-state index contributed by atoms with van der Waals surface area (Å²) >= 11 is 0. The fourth-order valence-corrected chi connectivity index (χ4v) is 6.90. The summed E-state index contributed by atoms with van der Waals surface area (Å²) in [6.07, 6.45) is -3.61. The summed E-state index contributed by atoms with van der Waals surface area (Å²) in [4.78, 5) is 64.7. The number of benzene rings is 3. The van der Waals surface area contributed by atoms with Gasteiger partial charge in [-0.2, -0.15) is 13.2 Å². The molecule has 56 heavy (non-hydrogen) atoms. The number of halogens is 3. The molecule has 1 aliphatic carbocycles. The van der Waals surface area contributed by atoms with E-state index < -0.39 is 75.4 Å². The Hall–Kier alpha value is -5.96. The number of aromatic hydroxyl groups is 1. The number of phenolic OH excluding ortho intramolecular Hbond substituents is 1. The molecule has 0 bridgehead atoms. The second kappa shape index (κ2) is 15.3. The van der Waals surface area contributed by atoms with E-state index >= 15 is 0 Å². The number of alkyl halides is 3. The molecule has 0 heterocycles. The Kier molecular flexibility index (Phi) is 11.7. The minimum absolute atomic E-state index is 0.100. The fraction of sp³-hybridized carbons (Fsp3) is 0.341. The lowest BCUT2D eigenvalue weighted by Crippen LogP contribution is -2.47. The first kappa shape index (κ1) is 42.8. The molecule has 0 spiro atoms. The molecule has 3 aromatic rings. The monoisotopic (exact) mass is 782 g/mol. The number of ether oxygens (including phenoxy) is 4. The number of aromatic carboxylic acids is 1. The van der Waals surface area contributed by atoms with Crippen molar-refractivity contribution < 1.29 is 71.4 Å². The Labute approximate surface area is 320 Å². The molecule has 4 rings (SSSR count). The van der Waals surface area contributed by atoms with Gasteiger partial charge in [0.25, 0.3) is 0 Å². The zero-order valence-corrected chi connectivity index (χ0v) is 32.6. The quantitative estimate of drug-likeness (QED) is 0.146. The van der Waals surface area contributed by atoms with Gasteiger partial charge in [0.05, 0.1) is 18.2 Å². The van der Waals surface area contributed by atoms with E-state index in [9.17, 15) is 52.5 Å². The lowest BCUT2D eigenvalue weighted by Gasteiger charge is -2.31. The van der Waals surface area contributed by atoms with Crippen molar-refractivity contribution in [3.8, 4) is 23.0 Å². The van der Waals surface area contributed by atoms with E-state index in [1.54, 1.807) is 41.5 Å². The van der Waals surface area contributed by atoms with Crippen LogP contribution in [0.2, 0.25) is 0 Å². The maximum atomic E-state index is 14.7. The topological polar surface area (TPSA) is 183 Å². The number of esters is 3. The first-order valence-corrected chi connectivity index (χ1v) is 17.1. The molecule has 12 nitrogen and oxygen atoms in total. The lowest BCUT2D eigenvalue weighted by atomic mass is 9.87. The van der Waals surface area contributed by atoms with Crippen molar-refractivity contribution in [3.05, 3.63) is 102 Å². The second-order valence-corrected chi connectivity index (χ2v) is 13.5. The number of methoxy groups -OCH3 is 1. The van der Waals surface area contributed by atoms with Crippen molar-refractivity contribution in [1.29, 1.82) is 0 Å². The van der Waals surface area contributed by atoms with Crippen LogP contribution in [0.1, 0.15) is 101 Å². The average Bonchev–Trinajstić information content (AvgIpc) is 3.08. The van der Waals surface area contributed by atoms with Crippen LogP contribution in [-0.4, -0.2) is 57.7 Å². The van der Waals surface area contributed by atoms with Crippen LogP contribution in [-0.2, 0) is 26.9 Å². The van der Waals surface area contributed by atoms with Gasteiger partial charge >= 0.3 is 30.1 Å². The Bertz CT molecular complexity index is 2280. The van der Waals surface area contributed by atoms with Crippen LogP contribution in [0.25, 0.3) is 0 Å². The second-order valence-electron chi connectivity index (χ2n) is 13.5. The molecule has 0 unspecified atom stereocenters. The number of carbonyl (C=O) groups is 5. The van der Waals surface area contributed by atoms with Crippen molar-refractivity contribution in [1.82, 2.24) is 0 Å². The number of phenols is 1. The molecule has 0 aliphatic heterocycles. The van der Waals surface area contributed by atoms with Gasteiger partial charge in [0.15, 0.2) is 5.78 Å². The standard InChI is InChI=1S/C41H41F3O12/c1-12-26-24(10)29(37(49)55-34-21(7)18(4)30(36(47)48)19(5)22(34)8)16(2)13-27(26)54-38(50)31-20(6)23(9)35(32(33(31)46)41(42,43)44)56-39(51)40(52)17(3)14-25(45)15-28(40)53-11/h13-15,46,52H,12H2,1-11H3,(H,47,48)/t40-/m1/s1. The summed E-state index contributed by atoms with van der Waals surface area (Å²) in [5.41, 5.74) is -3.72. The van der Waals surface area contributed by atoms with E-state index in [-0.39, 0.29) is 45.7 Å². The van der Waals surface area contributed by atoms with E-state index in [1.807, 2.05) is 0 Å². The molecule has 0 saturated heterocycles. The van der Waals surface area contributed by atoms with Gasteiger partial charge in [0.1, 0.15) is 39.9 Å². The van der Waals surface area contributed by atoms with Gasteiger partial charge in [-0.1, -0.05) is 6.92 Å². The number of allylic oxidation sites excluding steroid dienone is 2. The highest BCUT2D eigenvalue weighted by atomic mass is 19.4. The summed E-state index contributed by atoms with van der Waals surface area (Å²) in [5.74, 6) is -9.03. The molecule has 0 radical (unpaired) electrons. The van der Waals surface area contributed by atoms with Crippen LogP contribution in [0.5, 0.6) is 23.0 Å². The van der Waals surface area contributed by atoms with Crippen LogP contribution in [0, 0.1) is 55.4 Å². The van der Waals surface area contributed by atoms with Crippen LogP contribution in [0.4, 0.5) is 13.2 Å². The highest BCUT2D eigenvalue weighted by molar-refractivity contribution is 6.06. The Balaban J connectivity index is 1.78. The summed E-state index contributed by atoms with van der Waals surface area (Å²) in [7, 11) is 1.03. The number of aliphatic hydroxyl groups is 1. The molecular formula is C41H41F3O12. The van der Waals surface area contributed by atoms with E-state index in [4.69, 9.17) is 18.9 Å². The highest BCUT2D eigenvalue weighted by Gasteiger charge is 2.50. The van der Waals surface area contributed by atoms with E-state index in [1.165, 1.54) is 26.8 Å². The number of hydrogen-bond donors (Lipinski definition) is 3. The SMILES string of the molecule is CCc1c(OC(=O)c2c(C)c(C)c(OC(=O)[C@@]3(O)C(C)=CC(=O)C=C3OC)c(C(F)(F)F)c2O)cc(C)c(C(=O)Oc2c(C)c(C)c(C(=O)O)c(C)c2C)c1C. The molecule has 0 amide bonds. The number of carboxylic acids is 1. The number of aryl methyl sites for hydroxylation is 1. The van der Waals surface area contributed by atoms with Gasteiger partial charge in [-0.15, -0.1) is 0 Å². The average molecular weight is 783 g/mol. The van der Waals surface area contributed by atoms with Crippen molar-refractivity contribution in [2.24, 2.45) is 0 Å². The first-order valence-electron chi connectivity index (χ1n) is 17.1. The molecule has 1 aliphatic rings. The Morgan fingerprint density at radius 2 is 1.25 bits per heavy atom. The molecule has 3 N–H and O–H groups in total. The third kappa shape index (κ3) is 7.14. The minimum Gasteiger partial charge on any atom is -0.506 e. The smallest absolute Gasteiger partial charge is 0.423 e. The Morgan fingerprint density at radius 1 is 0.732 bits per heavy atom. The molecule has 0 saturated carbocycles.